The molecule has 0 bridgehead atoms. The quantitative estimate of drug-likeness (QED) is 0.692. The molecule has 1 aliphatic rings. The molecule has 108 valence electrons. The van der Waals surface area contributed by atoms with Gasteiger partial charge in [0.15, 0.2) is 0 Å². The lowest BCUT2D eigenvalue weighted by molar-refractivity contribution is 0.0697. The molecule has 0 aromatic heterocycles. The molecule has 1 aliphatic heterocycles. The summed E-state index contributed by atoms with van der Waals surface area (Å²) < 4.78 is 6.07. The number of carbonyl (C=O) groups is 2. The minimum Gasteiger partial charge on any atom is -0.478 e. The Kier molecular flexibility index (Phi) is 5.18. The van der Waals surface area contributed by atoms with Crippen molar-refractivity contribution in [1.82, 2.24) is 5.32 Å². The van der Waals surface area contributed by atoms with Crippen molar-refractivity contribution in [2.45, 2.75) is 18.9 Å². The maximum Gasteiger partial charge on any atom is 0.337 e. The molecular formula is C13H15IN2O4. The zero-order valence-electron chi connectivity index (χ0n) is 10.7. The van der Waals surface area contributed by atoms with E-state index < -0.39 is 12.0 Å². The number of benzene rings is 1. The predicted molar refractivity (Wildman–Crippen MR) is 82.1 cm³/mol. The van der Waals surface area contributed by atoms with Crippen LogP contribution in [0.3, 0.4) is 0 Å². The third-order valence-electron chi connectivity index (χ3n) is 2.96. The number of hydrogen-bond acceptors (Lipinski definition) is 3. The van der Waals surface area contributed by atoms with Gasteiger partial charge in [0, 0.05) is 10.2 Å². The SMILES string of the molecule is O=C(Nc1ccc(I)cc1C(=O)O)NC1CCCOC1. The number of carboxylic acids is 1. The Morgan fingerprint density at radius 3 is 2.85 bits per heavy atom. The maximum absolute atomic E-state index is 11.9. The Bertz CT molecular complexity index is 515. The van der Waals surface area contributed by atoms with Crippen LogP contribution in [-0.2, 0) is 4.74 Å². The van der Waals surface area contributed by atoms with Gasteiger partial charge in [-0.3, -0.25) is 0 Å². The van der Waals surface area contributed by atoms with Gasteiger partial charge in [-0.25, -0.2) is 9.59 Å². The summed E-state index contributed by atoms with van der Waals surface area (Å²) in [5, 5.41) is 14.5. The van der Waals surface area contributed by atoms with E-state index in [2.05, 4.69) is 10.6 Å². The number of hydrogen-bond donors (Lipinski definition) is 3. The van der Waals surface area contributed by atoms with Gasteiger partial charge in [-0.15, -0.1) is 0 Å². The van der Waals surface area contributed by atoms with Crippen molar-refractivity contribution in [3.05, 3.63) is 27.3 Å². The molecule has 1 fully saturated rings. The van der Waals surface area contributed by atoms with E-state index in [-0.39, 0.29) is 17.3 Å². The highest BCUT2D eigenvalue weighted by atomic mass is 127. The smallest absolute Gasteiger partial charge is 0.337 e. The molecule has 1 atom stereocenters. The minimum atomic E-state index is -1.07. The molecular weight excluding hydrogens is 375 g/mol. The Hall–Kier alpha value is -1.35. The summed E-state index contributed by atoms with van der Waals surface area (Å²) in [6, 6.07) is 4.40. The van der Waals surface area contributed by atoms with E-state index in [1.54, 1.807) is 12.1 Å². The summed E-state index contributed by atoms with van der Waals surface area (Å²) in [6.45, 7) is 1.21. The van der Waals surface area contributed by atoms with Crippen LogP contribution in [0, 0.1) is 3.57 Å². The highest BCUT2D eigenvalue weighted by Gasteiger charge is 2.18. The topological polar surface area (TPSA) is 87.7 Å². The van der Waals surface area contributed by atoms with E-state index in [1.165, 1.54) is 6.07 Å². The number of anilines is 1. The van der Waals surface area contributed by atoms with Crippen LogP contribution < -0.4 is 10.6 Å². The van der Waals surface area contributed by atoms with Crippen molar-refractivity contribution < 1.29 is 19.4 Å². The molecule has 0 saturated carbocycles. The average Bonchev–Trinajstić information content (AvgIpc) is 2.41. The van der Waals surface area contributed by atoms with Gasteiger partial charge in [-0.05, 0) is 53.6 Å². The first-order chi connectivity index (χ1) is 9.56. The highest BCUT2D eigenvalue weighted by molar-refractivity contribution is 14.1. The van der Waals surface area contributed by atoms with E-state index in [1.807, 2.05) is 22.6 Å². The molecule has 0 spiro atoms. The van der Waals surface area contributed by atoms with Gasteiger partial charge in [0.2, 0.25) is 0 Å². The van der Waals surface area contributed by atoms with E-state index >= 15 is 0 Å². The Morgan fingerprint density at radius 1 is 1.40 bits per heavy atom. The highest BCUT2D eigenvalue weighted by Crippen LogP contribution is 2.19. The molecule has 1 unspecified atom stereocenters. The van der Waals surface area contributed by atoms with Gasteiger partial charge in [0.1, 0.15) is 0 Å². The lowest BCUT2D eigenvalue weighted by Crippen LogP contribution is -2.42. The van der Waals surface area contributed by atoms with Crippen LogP contribution in [0.1, 0.15) is 23.2 Å². The van der Waals surface area contributed by atoms with E-state index in [0.29, 0.717) is 6.61 Å². The van der Waals surface area contributed by atoms with E-state index in [4.69, 9.17) is 9.84 Å². The van der Waals surface area contributed by atoms with Gasteiger partial charge in [-0.2, -0.15) is 0 Å². The molecule has 7 heteroatoms. The lowest BCUT2D eigenvalue weighted by atomic mass is 10.1. The molecule has 20 heavy (non-hydrogen) atoms. The number of carboxylic acid groups (broad SMARTS) is 1. The lowest BCUT2D eigenvalue weighted by Gasteiger charge is -2.23. The van der Waals surface area contributed by atoms with Crippen LogP contribution >= 0.6 is 22.6 Å². The Morgan fingerprint density at radius 2 is 2.20 bits per heavy atom. The number of amides is 2. The van der Waals surface area contributed by atoms with Crippen molar-refractivity contribution in [3.63, 3.8) is 0 Å². The Labute approximate surface area is 130 Å². The van der Waals surface area contributed by atoms with Crippen LogP contribution in [0.25, 0.3) is 0 Å². The average molecular weight is 390 g/mol. The van der Waals surface area contributed by atoms with E-state index in [0.717, 1.165) is 23.0 Å². The summed E-state index contributed by atoms with van der Waals surface area (Å²) in [6.07, 6.45) is 1.78. The molecule has 1 saturated heterocycles. The van der Waals surface area contributed by atoms with Gasteiger partial charge in [-0.1, -0.05) is 0 Å². The molecule has 2 rings (SSSR count). The standard InChI is InChI=1S/C13H15IN2O4/c14-8-3-4-11(10(6-8)12(17)18)16-13(19)15-9-2-1-5-20-7-9/h3-4,6,9H,1-2,5,7H2,(H,17,18)(H2,15,16,19). The van der Waals surface area contributed by atoms with Gasteiger partial charge < -0.3 is 20.5 Å². The first-order valence-corrected chi connectivity index (χ1v) is 7.32. The van der Waals surface area contributed by atoms with Crippen molar-refractivity contribution in [2.24, 2.45) is 0 Å². The number of urea groups is 1. The van der Waals surface area contributed by atoms with Crippen LogP contribution in [0.4, 0.5) is 10.5 Å². The molecule has 3 N–H and O–H groups in total. The van der Waals surface area contributed by atoms with Crippen LogP contribution in [-0.4, -0.2) is 36.4 Å². The van der Waals surface area contributed by atoms with Gasteiger partial charge in [0.25, 0.3) is 0 Å². The minimum absolute atomic E-state index is 0.0270. The number of rotatable bonds is 3. The van der Waals surface area contributed by atoms with Gasteiger partial charge >= 0.3 is 12.0 Å². The second kappa shape index (κ2) is 6.89. The zero-order valence-corrected chi connectivity index (χ0v) is 12.8. The molecule has 0 aliphatic carbocycles. The first-order valence-electron chi connectivity index (χ1n) is 6.24. The monoisotopic (exact) mass is 390 g/mol. The van der Waals surface area contributed by atoms with Gasteiger partial charge in [0.05, 0.1) is 23.9 Å². The first kappa shape index (κ1) is 15.0. The van der Waals surface area contributed by atoms with E-state index in [9.17, 15) is 9.59 Å². The fourth-order valence-corrected chi connectivity index (χ4v) is 2.49. The summed E-state index contributed by atoms with van der Waals surface area (Å²) in [7, 11) is 0. The summed E-state index contributed by atoms with van der Waals surface area (Å²) in [5.41, 5.74) is 0.360. The molecule has 2 amide bonds. The van der Waals surface area contributed by atoms with Crippen molar-refractivity contribution in [2.75, 3.05) is 18.5 Å². The van der Waals surface area contributed by atoms with Crippen LogP contribution in [0.2, 0.25) is 0 Å². The van der Waals surface area contributed by atoms with Crippen molar-refractivity contribution in [3.8, 4) is 0 Å². The number of nitrogens with one attached hydrogen (secondary N) is 2. The van der Waals surface area contributed by atoms with Crippen molar-refractivity contribution in [1.29, 1.82) is 0 Å². The third kappa shape index (κ3) is 4.07. The molecule has 1 aromatic carbocycles. The molecule has 6 nitrogen and oxygen atoms in total. The molecule has 1 heterocycles. The second-order valence-electron chi connectivity index (χ2n) is 4.51. The summed E-state index contributed by atoms with van der Waals surface area (Å²) in [5.74, 6) is -1.07. The zero-order chi connectivity index (χ0) is 14.5. The van der Waals surface area contributed by atoms with Crippen LogP contribution in [0.5, 0.6) is 0 Å². The fraction of sp³-hybridized carbons (Fsp3) is 0.385. The molecule has 1 aromatic rings. The van der Waals surface area contributed by atoms with Crippen LogP contribution in [0.15, 0.2) is 18.2 Å². The second-order valence-corrected chi connectivity index (χ2v) is 5.75. The van der Waals surface area contributed by atoms with Crippen molar-refractivity contribution >= 4 is 40.3 Å². The number of halogens is 1. The summed E-state index contributed by atoms with van der Waals surface area (Å²) >= 11 is 2.03. The summed E-state index contributed by atoms with van der Waals surface area (Å²) in [4.78, 5) is 23.0. The predicted octanol–water partition coefficient (Wildman–Crippen LogP) is 2.29. The fourth-order valence-electron chi connectivity index (χ4n) is 2.00. The maximum atomic E-state index is 11.9. The number of aromatic carboxylic acids is 1. The number of ether oxygens (including phenoxy) is 1. The molecule has 0 radical (unpaired) electrons. The number of carbonyl (C=O) groups excluding carboxylic acids is 1. The normalized spacial score (nSPS) is 18.4. The largest absolute Gasteiger partial charge is 0.478 e. The third-order valence-corrected chi connectivity index (χ3v) is 3.63. The Balaban J connectivity index is 2.01.